The van der Waals surface area contributed by atoms with E-state index >= 15 is 0 Å². The van der Waals surface area contributed by atoms with Crippen LogP contribution in [0.4, 0.5) is 5.69 Å². The molecule has 1 aliphatic rings. The predicted molar refractivity (Wildman–Crippen MR) is 141 cm³/mol. The molecular formula is C28H29N3O3S. The van der Waals surface area contributed by atoms with Gasteiger partial charge in [-0.15, -0.1) is 11.3 Å². The minimum Gasteiger partial charge on any atom is -0.466 e. The second-order valence-electron chi connectivity index (χ2n) is 8.76. The van der Waals surface area contributed by atoms with Crippen molar-refractivity contribution in [1.29, 1.82) is 0 Å². The summed E-state index contributed by atoms with van der Waals surface area (Å²) in [6, 6.07) is 17.6. The molecule has 0 unspecified atom stereocenters. The summed E-state index contributed by atoms with van der Waals surface area (Å²) in [6.07, 6.45) is 3.96. The van der Waals surface area contributed by atoms with Gasteiger partial charge in [0.15, 0.2) is 0 Å². The first-order chi connectivity index (χ1) is 16.9. The molecule has 6 nitrogen and oxygen atoms in total. The zero-order valence-corrected chi connectivity index (χ0v) is 21.0. The summed E-state index contributed by atoms with van der Waals surface area (Å²) in [5.74, 6) is -0.356. The van der Waals surface area contributed by atoms with Crippen molar-refractivity contribution in [2.24, 2.45) is 0 Å². The van der Waals surface area contributed by atoms with Gasteiger partial charge in [0.2, 0.25) is 0 Å². The van der Waals surface area contributed by atoms with E-state index in [1.54, 1.807) is 11.3 Å². The van der Waals surface area contributed by atoms with Crippen LogP contribution in [0.5, 0.6) is 0 Å². The van der Waals surface area contributed by atoms with Gasteiger partial charge in [-0.2, -0.15) is 0 Å². The normalized spacial score (nSPS) is 14.2. The van der Waals surface area contributed by atoms with Crippen molar-refractivity contribution in [2.75, 3.05) is 25.5 Å². The number of anilines is 1. The minimum atomic E-state index is -0.466. The zero-order chi connectivity index (χ0) is 24.8. The van der Waals surface area contributed by atoms with Crippen LogP contribution in [0.2, 0.25) is 0 Å². The van der Waals surface area contributed by atoms with E-state index in [0.717, 1.165) is 21.8 Å². The van der Waals surface area contributed by atoms with Gasteiger partial charge in [-0.3, -0.25) is 9.69 Å². The lowest BCUT2D eigenvalue weighted by atomic mass is 10.1. The molecule has 2 aromatic carbocycles. The molecule has 0 radical (unpaired) electrons. The SMILES string of the molecule is COC(=O)C1=C(C(=O)Nc2cccc(/C=C/c3nc(C(C)C)cs3)c2)CN(Cc2ccccc2)C1. The van der Waals surface area contributed by atoms with Gasteiger partial charge < -0.3 is 10.1 Å². The van der Waals surface area contributed by atoms with Crippen molar-refractivity contribution in [3.05, 3.63) is 93.0 Å². The first-order valence-corrected chi connectivity index (χ1v) is 12.4. The third-order valence-corrected chi connectivity index (χ3v) is 6.60. The number of thiazole rings is 1. The second kappa shape index (κ2) is 11.3. The Bertz CT molecular complexity index is 1260. The molecule has 0 saturated carbocycles. The number of rotatable bonds is 8. The van der Waals surface area contributed by atoms with Gasteiger partial charge >= 0.3 is 5.97 Å². The Morgan fingerprint density at radius 2 is 1.86 bits per heavy atom. The van der Waals surface area contributed by atoms with Crippen molar-refractivity contribution in [1.82, 2.24) is 9.88 Å². The molecule has 1 N–H and O–H groups in total. The molecule has 0 saturated heterocycles. The van der Waals surface area contributed by atoms with Crippen molar-refractivity contribution in [3.8, 4) is 0 Å². The lowest BCUT2D eigenvalue weighted by molar-refractivity contribution is -0.136. The Morgan fingerprint density at radius 3 is 2.57 bits per heavy atom. The predicted octanol–water partition coefficient (Wildman–Crippen LogP) is 5.36. The molecule has 35 heavy (non-hydrogen) atoms. The molecule has 1 aliphatic heterocycles. The van der Waals surface area contributed by atoms with Gasteiger partial charge in [-0.05, 0) is 35.3 Å². The Morgan fingerprint density at radius 1 is 1.09 bits per heavy atom. The van der Waals surface area contributed by atoms with Crippen molar-refractivity contribution in [3.63, 3.8) is 0 Å². The van der Waals surface area contributed by atoms with E-state index in [1.807, 2.05) is 66.7 Å². The van der Waals surface area contributed by atoms with E-state index in [2.05, 4.69) is 34.4 Å². The largest absolute Gasteiger partial charge is 0.466 e. The molecule has 3 aromatic rings. The molecule has 0 spiro atoms. The van der Waals surface area contributed by atoms with Crippen LogP contribution in [0, 0.1) is 0 Å². The number of ether oxygens (including phenoxy) is 1. The summed E-state index contributed by atoms with van der Waals surface area (Å²) < 4.78 is 4.96. The number of amides is 1. The molecule has 0 atom stereocenters. The topological polar surface area (TPSA) is 71.5 Å². The molecule has 180 valence electrons. The monoisotopic (exact) mass is 487 g/mol. The highest BCUT2D eigenvalue weighted by Crippen LogP contribution is 2.24. The van der Waals surface area contributed by atoms with Gasteiger partial charge in [-0.1, -0.05) is 62.4 Å². The quantitative estimate of drug-likeness (QED) is 0.433. The maximum Gasteiger partial charge on any atom is 0.335 e. The van der Waals surface area contributed by atoms with Crippen molar-refractivity contribution < 1.29 is 14.3 Å². The smallest absolute Gasteiger partial charge is 0.335 e. The second-order valence-corrected chi connectivity index (χ2v) is 9.65. The van der Waals surface area contributed by atoms with Crippen LogP contribution in [0.1, 0.15) is 41.6 Å². The number of nitrogens with one attached hydrogen (secondary N) is 1. The highest BCUT2D eigenvalue weighted by Gasteiger charge is 2.31. The number of benzene rings is 2. The summed E-state index contributed by atoms with van der Waals surface area (Å²) in [5.41, 5.74) is 4.67. The maximum absolute atomic E-state index is 13.2. The van der Waals surface area contributed by atoms with Gasteiger partial charge in [0.05, 0.1) is 18.4 Å². The first kappa shape index (κ1) is 24.6. The van der Waals surface area contributed by atoms with Gasteiger partial charge in [0.25, 0.3) is 5.91 Å². The van der Waals surface area contributed by atoms with Gasteiger partial charge in [0, 0.05) is 36.3 Å². The Labute approximate surface area is 210 Å². The molecule has 0 fully saturated rings. The molecule has 1 aromatic heterocycles. The standard InChI is InChI=1S/C28H29N3O3S/c1-19(2)25-18-35-26(30-25)13-12-20-10-7-11-22(14-20)29-27(32)23-16-31(17-24(23)28(33)34-3)15-21-8-5-4-6-9-21/h4-14,18-19H,15-17H2,1-3H3,(H,29,32)/b13-12+. The van der Waals surface area contributed by atoms with Crippen LogP contribution in [0.3, 0.4) is 0 Å². The molecular weight excluding hydrogens is 458 g/mol. The van der Waals surface area contributed by atoms with E-state index in [9.17, 15) is 9.59 Å². The Kier molecular flexibility index (Phi) is 7.90. The van der Waals surface area contributed by atoms with Crippen LogP contribution in [-0.4, -0.2) is 42.0 Å². The molecule has 0 aliphatic carbocycles. The lowest BCUT2D eigenvalue weighted by Crippen LogP contribution is -2.24. The summed E-state index contributed by atoms with van der Waals surface area (Å²) in [5, 5.41) is 5.98. The van der Waals surface area contributed by atoms with Crippen molar-refractivity contribution >= 4 is 41.1 Å². The summed E-state index contributed by atoms with van der Waals surface area (Å²) >= 11 is 1.61. The van der Waals surface area contributed by atoms with E-state index < -0.39 is 5.97 Å². The molecule has 2 heterocycles. The number of methoxy groups -OCH3 is 1. The highest BCUT2D eigenvalue weighted by molar-refractivity contribution is 7.10. The summed E-state index contributed by atoms with van der Waals surface area (Å²) in [4.78, 5) is 32.3. The average molecular weight is 488 g/mol. The Hall–Kier alpha value is -3.55. The van der Waals surface area contributed by atoms with E-state index in [0.29, 0.717) is 42.4 Å². The van der Waals surface area contributed by atoms with Gasteiger partial charge in [0.1, 0.15) is 5.01 Å². The zero-order valence-electron chi connectivity index (χ0n) is 20.2. The van der Waals surface area contributed by atoms with Crippen LogP contribution >= 0.6 is 11.3 Å². The maximum atomic E-state index is 13.2. The van der Waals surface area contributed by atoms with Gasteiger partial charge in [-0.25, -0.2) is 9.78 Å². The molecule has 1 amide bonds. The number of aromatic nitrogens is 1. The molecule has 7 heteroatoms. The molecule has 4 rings (SSSR count). The van der Waals surface area contributed by atoms with E-state index in [4.69, 9.17) is 4.74 Å². The minimum absolute atomic E-state index is 0.288. The number of hydrogen-bond acceptors (Lipinski definition) is 6. The third-order valence-electron chi connectivity index (χ3n) is 5.78. The van der Waals surface area contributed by atoms with Crippen LogP contribution < -0.4 is 5.32 Å². The lowest BCUT2D eigenvalue weighted by Gasteiger charge is -2.16. The third kappa shape index (κ3) is 6.32. The summed E-state index contributed by atoms with van der Waals surface area (Å²) in [7, 11) is 1.34. The Balaban J connectivity index is 1.46. The highest BCUT2D eigenvalue weighted by atomic mass is 32.1. The van der Waals surface area contributed by atoms with Crippen LogP contribution in [-0.2, 0) is 20.9 Å². The number of hydrogen-bond donors (Lipinski definition) is 1. The van der Waals surface area contributed by atoms with Crippen LogP contribution in [0.15, 0.2) is 71.1 Å². The average Bonchev–Trinajstić information content (AvgIpc) is 3.51. The fraction of sp³-hybridized carbons (Fsp3) is 0.250. The fourth-order valence-electron chi connectivity index (χ4n) is 3.90. The summed E-state index contributed by atoms with van der Waals surface area (Å²) in [6.45, 7) is 5.65. The number of carbonyl (C=O) groups is 2. The first-order valence-electron chi connectivity index (χ1n) is 11.5. The van der Waals surface area contributed by atoms with E-state index in [-0.39, 0.29) is 5.91 Å². The van der Waals surface area contributed by atoms with E-state index in [1.165, 1.54) is 7.11 Å². The number of carbonyl (C=O) groups excluding carboxylic acids is 2. The number of nitrogens with zero attached hydrogens (tertiary/aromatic N) is 2. The fourth-order valence-corrected chi connectivity index (χ4v) is 4.77. The van der Waals surface area contributed by atoms with Crippen LogP contribution in [0.25, 0.3) is 12.2 Å². The number of esters is 1. The molecule has 0 bridgehead atoms. The van der Waals surface area contributed by atoms with Crippen molar-refractivity contribution in [2.45, 2.75) is 26.3 Å².